The number of nitrogens with zero attached hydrogens (tertiary/aromatic N) is 1. The second-order valence-electron chi connectivity index (χ2n) is 2.46. The van der Waals surface area contributed by atoms with Gasteiger partial charge in [0.2, 0.25) is 6.08 Å². The maximum Gasteiger partial charge on any atom is 0.474 e. The molecule has 0 radical (unpaired) electrons. The van der Waals surface area contributed by atoms with Gasteiger partial charge in [-0.3, -0.25) is 9.05 Å². The SMILES string of the molecule is CCCC(N=C=O)OP(=O)(O)OCC. The van der Waals surface area contributed by atoms with Crippen LogP contribution in [0.3, 0.4) is 0 Å². The minimum atomic E-state index is -4.08. The molecule has 0 aliphatic heterocycles. The van der Waals surface area contributed by atoms with E-state index in [0.717, 1.165) is 0 Å². The van der Waals surface area contributed by atoms with Crippen LogP contribution in [0.5, 0.6) is 0 Å². The van der Waals surface area contributed by atoms with Crippen molar-refractivity contribution in [3.8, 4) is 0 Å². The van der Waals surface area contributed by atoms with Gasteiger partial charge in [0.25, 0.3) is 0 Å². The molecule has 0 fully saturated rings. The quantitative estimate of drug-likeness (QED) is 0.402. The lowest BCUT2D eigenvalue weighted by molar-refractivity contribution is 0.107. The van der Waals surface area contributed by atoms with E-state index < -0.39 is 14.1 Å². The van der Waals surface area contributed by atoms with Gasteiger partial charge in [0.1, 0.15) is 0 Å². The first kappa shape index (κ1) is 13.5. The van der Waals surface area contributed by atoms with Crippen LogP contribution in [0.1, 0.15) is 26.7 Å². The molecular formula is C7H14NO5P. The van der Waals surface area contributed by atoms with Crippen molar-refractivity contribution in [1.29, 1.82) is 0 Å². The highest BCUT2D eigenvalue weighted by Gasteiger charge is 2.25. The minimum absolute atomic E-state index is 0.0530. The smallest absolute Gasteiger partial charge is 0.302 e. The second kappa shape index (κ2) is 6.87. The molecule has 14 heavy (non-hydrogen) atoms. The summed E-state index contributed by atoms with van der Waals surface area (Å²) in [6.45, 7) is 3.45. The number of aliphatic imine (C=N–C) groups is 1. The van der Waals surface area contributed by atoms with Crippen LogP contribution in [0.2, 0.25) is 0 Å². The van der Waals surface area contributed by atoms with Gasteiger partial charge in [0, 0.05) is 0 Å². The maximum absolute atomic E-state index is 11.1. The lowest BCUT2D eigenvalue weighted by Gasteiger charge is -2.14. The Bertz CT molecular complexity index is 250. The first-order valence-electron chi connectivity index (χ1n) is 4.28. The van der Waals surface area contributed by atoms with Gasteiger partial charge < -0.3 is 4.89 Å². The van der Waals surface area contributed by atoms with E-state index in [0.29, 0.717) is 12.8 Å². The highest BCUT2D eigenvalue weighted by atomic mass is 31.2. The van der Waals surface area contributed by atoms with Crippen LogP contribution in [0.4, 0.5) is 0 Å². The fourth-order valence-electron chi connectivity index (χ4n) is 0.794. The Balaban J connectivity index is 4.27. The molecule has 0 heterocycles. The van der Waals surface area contributed by atoms with E-state index >= 15 is 0 Å². The molecule has 0 saturated heterocycles. The zero-order chi connectivity index (χ0) is 11.0. The summed E-state index contributed by atoms with van der Waals surface area (Å²) in [5, 5.41) is 0. The van der Waals surface area contributed by atoms with Crippen molar-refractivity contribution in [3.05, 3.63) is 0 Å². The second-order valence-corrected chi connectivity index (χ2v) is 3.86. The zero-order valence-corrected chi connectivity index (χ0v) is 9.07. The van der Waals surface area contributed by atoms with Gasteiger partial charge in [0.15, 0.2) is 6.23 Å². The molecule has 0 aliphatic carbocycles. The van der Waals surface area contributed by atoms with E-state index in [-0.39, 0.29) is 6.61 Å². The fourth-order valence-corrected chi connectivity index (χ4v) is 1.64. The van der Waals surface area contributed by atoms with Gasteiger partial charge in [0.05, 0.1) is 6.61 Å². The molecule has 0 bridgehead atoms. The van der Waals surface area contributed by atoms with Gasteiger partial charge in [-0.2, -0.15) is 4.99 Å². The summed E-state index contributed by atoms with van der Waals surface area (Å²) < 4.78 is 20.2. The predicted octanol–water partition coefficient (Wildman–Crippen LogP) is 1.60. The Morgan fingerprint density at radius 2 is 2.21 bits per heavy atom. The molecule has 7 heteroatoms. The molecule has 2 unspecified atom stereocenters. The Morgan fingerprint density at radius 1 is 1.57 bits per heavy atom. The molecule has 0 aliphatic rings. The number of phosphoric acid groups is 1. The average Bonchev–Trinajstić information content (AvgIpc) is 2.03. The third-order valence-electron chi connectivity index (χ3n) is 1.28. The van der Waals surface area contributed by atoms with Crippen LogP contribution in [-0.4, -0.2) is 23.8 Å². The molecule has 0 aromatic carbocycles. The number of carbonyl (C=O) groups excluding carboxylic acids is 1. The third kappa shape index (κ3) is 6.02. The summed E-state index contributed by atoms with van der Waals surface area (Å²) in [4.78, 5) is 22.3. The Morgan fingerprint density at radius 3 is 2.64 bits per heavy atom. The summed E-state index contributed by atoms with van der Waals surface area (Å²) >= 11 is 0. The number of isocyanates is 1. The first-order valence-corrected chi connectivity index (χ1v) is 5.78. The molecule has 0 amide bonds. The van der Waals surface area contributed by atoms with Gasteiger partial charge in [-0.1, -0.05) is 13.3 Å². The Hall–Kier alpha value is -0.510. The van der Waals surface area contributed by atoms with Crippen molar-refractivity contribution in [2.24, 2.45) is 4.99 Å². The summed E-state index contributed by atoms with van der Waals surface area (Å²) in [6, 6.07) is 0. The number of rotatable bonds is 7. The van der Waals surface area contributed by atoms with Crippen LogP contribution >= 0.6 is 7.82 Å². The molecule has 82 valence electrons. The van der Waals surface area contributed by atoms with Crippen LogP contribution in [0.15, 0.2) is 4.99 Å². The molecule has 0 aromatic rings. The van der Waals surface area contributed by atoms with Crippen molar-refractivity contribution >= 4 is 13.9 Å². The van der Waals surface area contributed by atoms with Crippen molar-refractivity contribution in [2.75, 3.05) is 6.61 Å². The predicted molar refractivity (Wildman–Crippen MR) is 49.4 cm³/mol. The van der Waals surface area contributed by atoms with E-state index in [1.165, 1.54) is 6.08 Å². The largest absolute Gasteiger partial charge is 0.474 e. The highest BCUT2D eigenvalue weighted by molar-refractivity contribution is 7.47. The number of hydrogen-bond acceptors (Lipinski definition) is 5. The molecular weight excluding hydrogens is 209 g/mol. The topological polar surface area (TPSA) is 85.2 Å². The van der Waals surface area contributed by atoms with E-state index in [2.05, 4.69) is 14.0 Å². The maximum atomic E-state index is 11.1. The van der Waals surface area contributed by atoms with Crippen molar-refractivity contribution in [2.45, 2.75) is 32.9 Å². The molecule has 6 nitrogen and oxygen atoms in total. The Kier molecular flexibility index (Phi) is 6.62. The van der Waals surface area contributed by atoms with Crippen LogP contribution < -0.4 is 0 Å². The van der Waals surface area contributed by atoms with E-state index in [4.69, 9.17) is 4.89 Å². The van der Waals surface area contributed by atoms with Crippen molar-refractivity contribution in [3.63, 3.8) is 0 Å². The normalized spacial score (nSPS) is 16.8. The summed E-state index contributed by atoms with van der Waals surface area (Å²) in [5.74, 6) is 0. The van der Waals surface area contributed by atoms with E-state index in [1.807, 2.05) is 6.92 Å². The van der Waals surface area contributed by atoms with E-state index in [1.54, 1.807) is 6.92 Å². The molecule has 0 saturated carbocycles. The number of phosphoric ester groups is 1. The standard InChI is InChI=1S/C7H14NO5P/c1-3-5-7(8-6-9)13-14(10,11)12-4-2/h7H,3-5H2,1-2H3,(H,10,11). The summed E-state index contributed by atoms with van der Waals surface area (Å²) in [5.41, 5.74) is 0. The summed E-state index contributed by atoms with van der Waals surface area (Å²) in [6.07, 6.45) is 1.36. The molecule has 1 N–H and O–H groups in total. The molecule has 0 spiro atoms. The van der Waals surface area contributed by atoms with Crippen LogP contribution in [-0.2, 0) is 18.4 Å². The lowest BCUT2D eigenvalue weighted by Crippen LogP contribution is -2.09. The zero-order valence-electron chi connectivity index (χ0n) is 8.17. The average molecular weight is 223 g/mol. The van der Waals surface area contributed by atoms with E-state index in [9.17, 15) is 9.36 Å². The summed E-state index contributed by atoms with van der Waals surface area (Å²) in [7, 11) is -4.08. The minimum Gasteiger partial charge on any atom is -0.302 e. The van der Waals surface area contributed by atoms with Gasteiger partial charge in [-0.05, 0) is 13.3 Å². The third-order valence-corrected chi connectivity index (χ3v) is 2.37. The molecule has 2 atom stereocenters. The number of hydrogen-bond donors (Lipinski definition) is 1. The lowest BCUT2D eigenvalue weighted by atomic mass is 10.3. The van der Waals surface area contributed by atoms with Gasteiger partial charge in [-0.15, -0.1) is 0 Å². The fraction of sp³-hybridized carbons (Fsp3) is 0.857. The van der Waals surface area contributed by atoms with Gasteiger partial charge in [-0.25, -0.2) is 9.36 Å². The molecule has 0 rings (SSSR count). The Labute approximate surface area is 82.6 Å². The van der Waals surface area contributed by atoms with Crippen molar-refractivity contribution in [1.82, 2.24) is 0 Å². The van der Waals surface area contributed by atoms with Gasteiger partial charge >= 0.3 is 7.82 Å². The van der Waals surface area contributed by atoms with Crippen LogP contribution in [0.25, 0.3) is 0 Å². The van der Waals surface area contributed by atoms with Crippen molar-refractivity contribution < 1.29 is 23.3 Å². The first-order chi connectivity index (χ1) is 6.55. The van der Waals surface area contributed by atoms with Crippen LogP contribution in [0, 0.1) is 0 Å². The monoisotopic (exact) mass is 223 g/mol. The molecule has 0 aromatic heterocycles. The highest BCUT2D eigenvalue weighted by Crippen LogP contribution is 2.45.